The predicted octanol–water partition coefficient (Wildman–Crippen LogP) is 2.60. The van der Waals surface area contributed by atoms with Gasteiger partial charge in [-0.2, -0.15) is 0 Å². The zero-order valence-electron chi connectivity index (χ0n) is 7.34. The third-order valence-corrected chi connectivity index (χ3v) is 3.18. The lowest BCUT2D eigenvalue weighted by atomic mass is 10.1. The SMILES string of the molecule is O=CN[C@H]1C[C@@H]1c1ccc(Cl)c(Cl)c1. The van der Waals surface area contributed by atoms with Crippen LogP contribution < -0.4 is 5.32 Å². The van der Waals surface area contributed by atoms with Gasteiger partial charge in [0.1, 0.15) is 0 Å². The highest BCUT2D eigenvalue weighted by atomic mass is 35.5. The Morgan fingerprint density at radius 3 is 2.79 bits per heavy atom. The highest BCUT2D eigenvalue weighted by molar-refractivity contribution is 6.42. The number of carbonyl (C=O) groups is 1. The van der Waals surface area contributed by atoms with Crippen molar-refractivity contribution in [3.8, 4) is 0 Å². The zero-order chi connectivity index (χ0) is 10.1. The third-order valence-electron chi connectivity index (χ3n) is 2.44. The van der Waals surface area contributed by atoms with Crippen LogP contribution in [0.15, 0.2) is 18.2 Å². The number of benzene rings is 1. The monoisotopic (exact) mass is 229 g/mol. The Balaban J connectivity index is 2.12. The average Bonchev–Trinajstić information content (AvgIpc) is 2.90. The summed E-state index contributed by atoms with van der Waals surface area (Å²) < 4.78 is 0. The first-order chi connectivity index (χ1) is 6.72. The second kappa shape index (κ2) is 3.79. The molecule has 2 nitrogen and oxygen atoms in total. The number of hydrogen-bond donors (Lipinski definition) is 1. The third kappa shape index (κ3) is 1.86. The summed E-state index contributed by atoms with van der Waals surface area (Å²) in [5.74, 6) is 0.398. The Hall–Kier alpha value is -0.730. The van der Waals surface area contributed by atoms with E-state index in [-0.39, 0.29) is 6.04 Å². The molecule has 0 saturated heterocycles. The van der Waals surface area contributed by atoms with Crippen LogP contribution in [0.2, 0.25) is 10.0 Å². The first kappa shape index (κ1) is 9.81. The predicted molar refractivity (Wildman–Crippen MR) is 56.8 cm³/mol. The maximum absolute atomic E-state index is 10.2. The van der Waals surface area contributed by atoms with Crippen molar-refractivity contribution in [3.63, 3.8) is 0 Å². The summed E-state index contributed by atoms with van der Waals surface area (Å²) >= 11 is 11.7. The van der Waals surface area contributed by atoms with Gasteiger partial charge in [-0.3, -0.25) is 4.79 Å². The van der Waals surface area contributed by atoms with Crippen molar-refractivity contribution in [2.24, 2.45) is 0 Å². The molecule has 1 aromatic rings. The van der Waals surface area contributed by atoms with Crippen molar-refractivity contribution in [1.82, 2.24) is 5.32 Å². The lowest BCUT2D eigenvalue weighted by Crippen LogP contribution is -2.14. The Bertz CT molecular complexity index is 367. The molecule has 0 aromatic heterocycles. The summed E-state index contributed by atoms with van der Waals surface area (Å²) in [7, 11) is 0. The van der Waals surface area contributed by atoms with Crippen LogP contribution in [0.4, 0.5) is 0 Å². The zero-order valence-corrected chi connectivity index (χ0v) is 8.85. The summed E-state index contributed by atoms with van der Waals surface area (Å²) in [6, 6.07) is 5.87. The van der Waals surface area contributed by atoms with E-state index in [1.165, 1.54) is 0 Å². The van der Waals surface area contributed by atoms with Gasteiger partial charge < -0.3 is 5.32 Å². The molecule has 2 atom stereocenters. The Kier molecular flexibility index (Phi) is 2.66. The molecule has 1 aliphatic rings. The standard InChI is InChI=1S/C10H9Cl2NO/c11-8-2-1-6(3-9(8)12)7-4-10(7)13-5-14/h1-3,5,7,10H,4H2,(H,13,14)/t7-,10+/m1/s1. The smallest absolute Gasteiger partial charge is 0.207 e. The molecule has 0 radical (unpaired) electrons. The van der Waals surface area contributed by atoms with Crippen LogP contribution in [0, 0.1) is 0 Å². The molecule has 1 saturated carbocycles. The van der Waals surface area contributed by atoms with Gasteiger partial charge in [0.05, 0.1) is 10.0 Å². The summed E-state index contributed by atoms with van der Waals surface area (Å²) in [5.41, 5.74) is 1.14. The molecular formula is C10H9Cl2NO. The molecule has 1 amide bonds. The molecule has 1 aromatic carbocycles. The van der Waals surface area contributed by atoms with E-state index in [9.17, 15) is 4.79 Å². The van der Waals surface area contributed by atoms with Crippen LogP contribution in [-0.4, -0.2) is 12.5 Å². The largest absolute Gasteiger partial charge is 0.355 e. The molecule has 2 rings (SSSR count). The fraction of sp³-hybridized carbons (Fsp3) is 0.300. The number of amides is 1. The molecule has 14 heavy (non-hydrogen) atoms. The summed E-state index contributed by atoms with van der Waals surface area (Å²) in [6.45, 7) is 0. The van der Waals surface area contributed by atoms with Crippen molar-refractivity contribution in [2.45, 2.75) is 18.4 Å². The molecular weight excluding hydrogens is 221 g/mol. The van der Waals surface area contributed by atoms with Crippen molar-refractivity contribution in [1.29, 1.82) is 0 Å². The first-order valence-electron chi connectivity index (χ1n) is 4.37. The molecule has 4 heteroatoms. The van der Waals surface area contributed by atoms with Crippen molar-refractivity contribution in [2.75, 3.05) is 0 Å². The fourth-order valence-corrected chi connectivity index (χ4v) is 1.88. The van der Waals surface area contributed by atoms with E-state index in [0.29, 0.717) is 16.0 Å². The second-order valence-corrected chi connectivity index (χ2v) is 4.22. The quantitative estimate of drug-likeness (QED) is 0.794. The van der Waals surface area contributed by atoms with E-state index in [1.54, 1.807) is 6.07 Å². The van der Waals surface area contributed by atoms with Gasteiger partial charge in [-0.25, -0.2) is 0 Å². The summed E-state index contributed by atoms with van der Waals surface area (Å²) in [4.78, 5) is 10.2. The topological polar surface area (TPSA) is 29.1 Å². The molecule has 1 aliphatic carbocycles. The van der Waals surface area contributed by atoms with E-state index in [4.69, 9.17) is 23.2 Å². The average molecular weight is 230 g/mol. The molecule has 0 spiro atoms. The number of carbonyl (C=O) groups excluding carboxylic acids is 1. The van der Waals surface area contributed by atoms with Crippen molar-refractivity contribution < 1.29 is 4.79 Å². The number of hydrogen-bond acceptors (Lipinski definition) is 1. The Morgan fingerprint density at radius 1 is 1.36 bits per heavy atom. The van der Waals surface area contributed by atoms with Crippen LogP contribution in [0.5, 0.6) is 0 Å². The number of halogens is 2. The Morgan fingerprint density at radius 2 is 2.14 bits per heavy atom. The van der Waals surface area contributed by atoms with E-state index in [1.807, 2.05) is 12.1 Å². The lowest BCUT2D eigenvalue weighted by Gasteiger charge is -2.01. The highest BCUT2D eigenvalue weighted by Gasteiger charge is 2.38. The second-order valence-electron chi connectivity index (χ2n) is 3.41. The maximum atomic E-state index is 10.2. The molecule has 1 N–H and O–H groups in total. The first-order valence-corrected chi connectivity index (χ1v) is 5.12. The van der Waals surface area contributed by atoms with Crippen LogP contribution in [-0.2, 0) is 4.79 Å². The van der Waals surface area contributed by atoms with Crippen LogP contribution in [0.3, 0.4) is 0 Å². The van der Waals surface area contributed by atoms with Gasteiger partial charge in [0.25, 0.3) is 0 Å². The van der Waals surface area contributed by atoms with Crippen LogP contribution >= 0.6 is 23.2 Å². The van der Waals surface area contributed by atoms with Gasteiger partial charge in [0.15, 0.2) is 0 Å². The van der Waals surface area contributed by atoms with E-state index in [0.717, 1.165) is 18.4 Å². The highest BCUT2D eigenvalue weighted by Crippen LogP contribution is 2.42. The minimum Gasteiger partial charge on any atom is -0.355 e. The van der Waals surface area contributed by atoms with Crippen molar-refractivity contribution >= 4 is 29.6 Å². The molecule has 0 aliphatic heterocycles. The molecule has 0 heterocycles. The molecule has 74 valence electrons. The van der Waals surface area contributed by atoms with Crippen LogP contribution in [0.1, 0.15) is 17.9 Å². The number of rotatable bonds is 3. The van der Waals surface area contributed by atoms with E-state index < -0.39 is 0 Å². The fourth-order valence-electron chi connectivity index (χ4n) is 1.58. The molecule has 1 fully saturated rings. The van der Waals surface area contributed by atoms with Crippen LogP contribution in [0.25, 0.3) is 0 Å². The van der Waals surface area contributed by atoms with Gasteiger partial charge in [-0.1, -0.05) is 29.3 Å². The van der Waals surface area contributed by atoms with Gasteiger partial charge in [0.2, 0.25) is 6.41 Å². The minimum atomic E-state index is 0.268. The lowest BCUT2D eigenvalue weighted by molar-refractivity contribution is -0.109. The van der Waals surface area contributed by atoms with Crippen molar-refractivity contribution in [3.05, 3.63) is 33.8 Å². The number of nitrogens with one attached hydrogen (secondary N) is 1. The van der Waals surface area contributed by atoms with E-state index >= 15 is 0 Å². The summed E-state index contributed by atoms with van der Waals surface area (Å²) in [6.07, 6.45) is 1.72. The summed E-state index contributed by atoms with van der Waals surface area (Å²) in [5, 5.41) is 3.88. The maximum Gasteiger partial charge on any atom is 0.207 e. The normalized spacial score (nSPS) is 24.4. The molecule has 0 unspecified atom stereocenters. The van der Waals surface area contributed by atoms with Gasteiger partial charge in [0, 0.05) is 12.0 Å². The van der Waals surface area contributed by atoms with E-state index in [2.05, 4.69) is 5.32 Å². The van der Waals surface area contributed by atoms with Gasteiger partial charge in [-0.05, 0) is 24.1 Å². The minimum absolute atomic E-state index is 0.268. The molecule has 0 bridgehead atoms. The Labute approximate surface area is 92.2 Å². The van der Waals surface area contributed by atoms with Gasteiger partial charge in [-0.15, -0.1) is 0 Å². The van der Waals surface area contributed by atoms with Gasteiger partial charge >= 0.3 is 0 Å².